The lowest BCUT2D eigenvalue weighted by Crippen LogP contribution is -1.90. The Morgan fingerprint density at radius 3 is 2.67 bits per heavy atom. The SMILES string of the molecule is C=C(C#N)CCc1ccc(-c2cncnn2)cc1. The first-order chi connectivity index (χ1) is 8.79. The molecule has 2 aromatic rings. The summed E-state index contributed by atoms with van der Waals surface area (Å²) in [5.41, 5.74) is 3.52. The third-order valence-corrected chi connectivity index (χ3v) is 2.60. The van der Waals surface area contributed by atoms with E-state index >= 15 is 0 Å². The van der Waals surface area contributed by atoms with Crippen molar-refractivity contribution in [2.75, 3.05) is 0 Å². The maximum atomic E-state index is 8.63. The van der Waals surface area contributed by atoms with Gasteiger partial charge in [0.25, 0.3) is 0 Å². The molecule has 1 aromatic heterocycles. The summed E-state index contributed by atoms with van der Waals surface area (Å²) in [5.74, 6) is 0. The van der Waals surface area contributed by atoms with Crippen molar-refractivity contribution in [3.05, 3.63) is 54.5 Å². The first-order valence-electron chi connectivity index (χ1n) is 5.59. The number of hydrogen-bond acceptors (Lipinski definition) is 4. The van der Waals surface area contributed by atoms with Gasteiger partial charge in [-0.05, 0) is 18.4 Å². The Morgan fingerprint density at radius 2 is 2.06 bits per heavy atom. The van der Waals surface area contributed by atoms with Gasteiger partial charge < -0.3 is 0 Å². The molecule has 0 fully saturated rings. The van der Waals surface area contributed by atoms with Gasteiger partial charge in [0.15, 0.2) is 0 Å². The molecule has 18 heavy (non-hydrogen) atoms. The monoisotopic (exact) mass is 236 g/mol. The van der Waals surface area contributed by atoms with Crippen molar-refractivity contribution >= 4 is 0 Å². The van der Waals surface area contributed by atoms with Crippen molar-refractivity contribution < 1.29 is 0 Å². The van der Waals surface area contributed by atoms with Crippen LogP contribution in [0.4, 0.5) is 0 Å². The maximum absolute atomic E-state index is 8.63. The second kappa shape index (κ2) is 5.69. The highest BCUT2D eigenvalue weighted by atomic mass is 15.1. The Morgan fingerprint density at radius 1 is 1.28 bits per heavy atom. The molecule has 2 rings (SSSR count). The van der Waals surface area contributed by atoms with Gasteiger partial charge in [-0.3, -0.25) is 0 Å². The third kappa shape index (κ3) is 2.98. The van der Waals surface area contributed by atoms with Gasteiger partial charge in [-0.15, -0.1) is 10.2 Å². The average molecular weight is 236 g/mol. The molecular weight excluding hydrogens is 224 g/mol. The Labute approximate surface area is 106 Å². The lowest BCUT2D eigenvalue weighted by molar-refractivity contribution is 0.966. The number of nitrogens with zero attached hydrogens (tertiary/aromatic N) is 4. The molecule has 4 nitrogen and oxygen atoms in total. The van der Waals surface area contributed by atoms with Crippen LogP contribution in [-0.2, 0) is 6.42 Å². The smallest absolute Gasteiger partial charge is 0.138 e. The standard InChI is InChI=1S/C14H12N4/c1-11(8-15)2-3-12-4-6-13(7-5-12)14-9-16-10-17-18-14/h4-7,9-10H,1-3H2. The molecule has 0 aliphatic heterocycles. The van der Waals surface area contributed by atoms with Crippen LogP contribution >= 0.6 is 0 Å². The highest BCUT2D eigenvalue weighted by molar-refractivity contribution is 5.57. The minimum absolute atomic E-state index is 0.609. The minimum atomic E-state index is 0.609. The number of allylic oxidation sites excluding steroid dienone is 1. The zero-order valence-corrected chi connectivity index (χ0v) is 9.87. The lowest BCUT2D eigenvalue weighted by atomic mass is 10.0. The van der Waals surface area contributed by atoms with Crippen molar-refractivity contribution in [2.45, 2.75) is 12.8 Å². The molecule has 0 bridgehead atoms. The molecule has 0 atom stereocenters. The van der Waals surface area contributed by atoms with Crippen molar-refractivity contribution in [2.24, 2.45) is 0 Å². The van der Waals surface area contributed by atoms with E-state index in [4.69, 9.17) is 5.26 Å². The van der Waals surface area contributed by atoms with Crippen LogP contribution in [0.25, 0.3) is 11.3 Å². The molecule has 0 radical (unpaired) electrons. The fourth-order valence-corrected chi connectivity index (χ4v) is 1.57. The number of rotatable bonds is 4. The second-order valence-corrected chi connectivity index (χ2v) is 3.91. The van der Waals surface area contributed by atoms with Crippen LogP contribution in [-0.4, -0.2) is 15.2 Å². The van der Waals surface area contributed by atoms with Gasteiger partial charge in [-0.1, -0.05) is 30.8 Å². The minimum Gasteiger partial charge on any atom is -0.241 e. The van der Waals surface area contributed by atoms with E-state index in [1.807, 2.05) is 24.3 Å². The van der Waals surface area contributed by atoms with Crippen molar-refractivity contribution in [3.8, 4) is 17.3 Å². The first-order valence-corrected chi connectivity index (χ1v) is 5.59. The van der Waals surface area contributed by atoms with Crippen molar-refractivity contribution in [1.82, 2.24) is 15.2 Å². The summed E-state index contributed by atoms with van der Waals surface area (Å²) in [6.45, 7) is 3.67. The number of nitriles is 1. The summed E-state index contributed by atoms with van der Waals surface area (Å²) >= 11 is 0. The summed E-state index contributed by atoms with van der Waals surface area (Å²) < 4.78 is 0. The van der Waals surface area contributed by atoms with Crippen LogP contribution in [0.3, 0.4) is 0 Å². The molecule has 0 aliphatic carbocycles. The zero-order valence-electron chi connectivity index (χ0n) is 9.87. The summed E-state index contributed by atoms with van der Waals surface area (Å²) in [7, 11) is 0. The van der Waals surface area contributed by atoms with E-state index in [-0.39, 0.29) is 0 Å². The molecule has 0 amide bonds. The van der Waals surface area contributed by atoms with E-state index in [9.17, 15) is 0 Å². The molecule has 88 valence electrons. The molecule has 1 aromatic carbocycles. The largest absolute Gasteiger partial charge is 0.241 e. The van der Waals surface area contributed by atoms with E-state index in [1.54, 1.807) is 6.20 Å². The van der Waals surface area contributed by atoms with E-state index in [0.717, 1.165) is 17.7 Å². The Balaban J connectivity index is 2.07. The highest BCUT2D eigenvalue weighted by Crippen LogP contribution is 2.16. The zero-order chi connectivity index (χ0) is 12.8. The number of aryl methyl sites for hydroxylation is 1. The van der Waals surface area contributed by atoms with Gasteiger partial charge in [0.05, 0.1) is 12.3 Å². The van der Waals surface area contributed by atoms with Gasteiger partial charge in [-0.25, -0.2) is 4.98 Å². The third-order valence-electron chi connectivity index (χ3n) is 2.60. The molecule has 0 saturated carbocycles. The summed E-state index contributed by atoms with van der Waals surface area (Å²) in [4.78, 5) is 3.93. The molecule has 0 spiro atoms. The first kappa shape index (κ1) is 11.9. The Kier molecular flexibility index (Phi) is 3.77. The molecule has 0 aliphatic rings. The number of benzene rings is 1. The summed E-state index contributed by atoms with van der Waals surface area (Å²) in [6, 6.07) is 10.1. The van der Waals surface area contributed by atoms with E-state index in [0.29, 0.717) is 12.0 Å². The Bertz CT molecular complexity index is 567. The van der Waals surface area contributed by atoms with Crippen molar-refractivity contribution in [3.63, 3.8) is 0 Å². The molecule has 1 heterocycles. The summed E-state index contributed by atoms with van der Waals surface area (Å²) in [6.07, 6.45) is 4.61. The van der Waals surface area contributed by atoms with Gasteiger partial charge in [0.1, 0.15) is 12.0 Å². The van der Waals surface area contributed by atoms with Crippen LogP contribution < -0.4 is 0 Å². The quantitative estimate of drug-likeness (QED) is 0.765. The molecule has 0 unspecified atom stereocenters. The Hall–Kier alpha value is -2.54. The van der Waals surface area contributed by atoms with Gasteiger partial charge in [0, 0.05) is 11.1 Å². The van der Waals surface area contributed by atoms with E-state index in [2.05, 4.69) is 27.8 Å². The van der Waals surface area contributed by atoms with Crippen LogP contribution in [0.1, 0.15) is 12.0 Å². The van der Waals surface area contributed by atoms with Gasteiger partial charge in [-0.2, -0.15) is 5.26 Å². The normalized spacial score (nSPS) is 9.72. The molecule has 0 saturated heterocycles. The van der Waals surface area contributed by atoms with E-state index in [1.165, 1.54) is 11.9 Å². The second-order valence-electron chi connectivity index (χ2n) is 3.91. The average Bonchev–Trinajstić information content (AvgIpc) is 2.46. The number of hydrogen-bond donors (Lipinski definition) is 0. The van der Waals surface area contributed by atoms with Crippen LogP contribution in [0.15, 0.2) is 48.9 Å². The fraction of sp³-hybridized carbons (Fsp3) is 0.143. The van der Waals surface area contributed by atoms with Crippen LogP contribution in [0.5, 0.6) is 0 Å². The van der Waals surface area contributed by atoms with Crippen LogP contribution in [0, 0.1) is 11.3 Å². The van der Waals surface area contributed by atoms with Crippen molar-refractivity contribution in [1.29, 1.82) is 5.26 Å². The topological polar surface area (TPSA) is 62.5 Å². The predicted molar refractivity (Wildman–Crippen MR) is 68.3 cm³/mol. The number of aromatic nitrogens is 3. The van der Waals surface area contributed by atoms with E-state index < -0.39 is 0 Å². The molecule has 0 N–H and O–H groups in total. The lowest BCUT2D eigenvalue weighted by Gasteiger charge is -2.02. The molecular formula is C14H12N4. The van der Waals surface area contributed by atoms with Crippen LogP contribution in [0.2, 0.25) is 0 Å². The van der Waals surface area contributed by atoms with Gasteiger partial charge in [0.2, 0.25) is 0 Å². The molecule has 4 heteroatoms. The highest BCUT2D eigenvalue weighted by Gasteiger charge is 2.00. The maximum Gasteiger partial charge on any atom is 0.138 e. The predicted octanol–water partition coefficient (Wildman–Crippen LogP) is 2.55. The fourth-order valence-electron chi connectivity index (χ4n) is 1.57. The summed E-state index contributed by atoms with van der Waals surface area (Å²) in [5, 5.41) is 16.4. The van der Waals surface area contributed by atoms with Gasteiger partial charge >= 0.3 is 0 Å².